The zero-order valence-electron chi connectivity index (χ0n) is 10.9. The van der Waals surface area contributed by atoms with Gasteiger partial charge in [-0.05, 0) is 43.6 Å². The Morgan fingerprint density at radius 3 is 2.76 bits per heavy atom. The highest BCUT2D eigenvalue weighted by Gasteiger charge is 2.47. The minimum atomic E-state index is 0.633. The second-order valence-corrected chi connectivity index (χ2v) is 5.81. The van der Waals surface area contributed by atoms with Gasteiger partial charge in [0, 0.05) is 31.9 Å². The molecule has 0 bridgehead atoms. The molecule has 1 heterocycles. The van der Waals surface area contributed by atoms with E-state index in [9.17, 15) is 0 Å². The van der Waals surface area contributed by atoms with Crippen molar-refractivity contribution in [3.05, 3.63) is 18.2 Å². The molecule has 3 nitrogen and oxygen atoms in total. The maximum absolute atomic E-state index is 4.46. The first-order chi connectivity index (χ1) is 8.28. The Balaban J connectivity index is 1.65. The van der Waals surface area contributed by atoms with E-state index in [1.54, 1.807) is 0 Å². The lowest BCUT2D eigenvalue weighted by molar-refractivity contribution is 0.331. The third-order valence-electron chi connectivity index (χ3n) is 4.64. The highest BCUT2D eigenvalue weighted by molar-refractivity contribution is 5.02. The first kappa shape index (κ1) is 11.3. The topological polar surface area (TPSA) is 29.9 Å². The smallest absolute Gasteiger partial charge is 0.109 e. The Hall–Kier alpha value is -0.830. The molecule has 1 aromatic heterocycles. The molecule has 3 atom stereocenters. The zero-order valence-corrected chi connectivity index (χ0v) is 10.9. The summed E-state index contributed by atoms with van der Waals surface area (Å²) in [6.07, 6.45) is 9.45. The number of imidazole rings is 1. The van der Waals surface area contributed by atoms with Crippen LogP contribution in [0.15, 0.2) is 12.4 Å². The lowest BCUT2D eigenvalue weighted by Gasteiger charge is -2.25. The van der Waals surface area contributed by atoms with E-state index < -0.39 is 0 Å². The molecule has 2 saturated carbocycles. The van der Waals surface area contributed by atoms with Gasteiger partial charge >= 0.3 is 0 Å². The Kier molecular flexibility index (Phi) is 2.95. The van der Waals surface area contributed by atoms with E-state index in [2.05, 4.69) is 28.8 Å². The lowest BCUT2D eigenvalue weighted by Crippen LogP contribution is -2.38. The lowest BCUT2D eigenvalue weighted by atomic mass is 9.92. The summed E-state index contributed by atoms with van der Waals surface area (Å²) in [4.78, 5) is 4.46. The number of fused-ring (bicyclic) bond motifs is 1. The number of nitrogens with zero attached hydrogens (tertiary/aromatic N) is 2. The fourth-order valence-electron chi connectivity index (χ4n) is 3.55. The highest BCUT2D eigenvalue weighted by Crippen LogP contribution is 2.55. The Labute approximate surface area is 104 Å². The van der Waals surface area contributed by atoms with Crippen LogP contribution >= 0.6 is 0 Å². The van der Waals surface area contributed by atoms with Gasteiger partial charge < -0.3 is 9.88 Å². The molecule has 0 saturated heterocycles. The molecule has 2 fully saturated rings. The van der Waals surface area contributed by atoms with Gasteiger partial charge in [-0.1, -0.05) is 6.92 Å². The van der Waals surface area contributed by atoms with Crippen LogP contribution in [0.5, 0.6) is 0 Å². The molecule has 1 N–H and O–H groups in total. The molecule has 0 spiro atoms. The molecule has 0 aromatic carbocycles. The molecule has 0 amide bonds. The van der Waals surface area contributed by atoms with Gasteiger partial charge in [-0.3, -0.25) is 0 Å². The Morgan fingerprint density at radius 1 is 1.41 bits per heavy atom. The third kappa shape index (κ3) is 2.25. The van der Waals surface area contributed by atoms with Gasteiger partial charge in [0.25, 0.3) is 0 Å². The molecule has 3 unspecified atom stereocenters. The van der Waals surface area contributed by atoms with Crippen LogP contribution in [0.25, 0.3) is 0 Å². The summed E-state index contributed by atoms with van der Waals surface area (Å²) in [5.41, 5.74) is 0. The molecule has 3 rings (SSSR count). The third-order valence-corrected chi connectivity index (χ3v) is 4.64. The summed E-state index contributed by atoms with van der Waals surface area (Å²) >= 11 is 0. The summed E-state index contributed by atoms with van der Waals surface area (Å²) in [7, 11) is 2.09. The summed E-state index contributed by atoms with van der Waals surface area (Å²) in [5.74, 6) is 4.25. The average molecular weight is 233 g/mol. The van der Waals surface area contributed by atoms with E-state index in [0.29, 0.717) is 6.04 Å². The molecule has 0 aliphatic heterocycles. The van der Waals surface area contributed by atoms with Crippen LogP contribution in [0.4, 0.5) is 0 Å². The van der Waals surface area contributed by atoms with Crippen LogP contribution in [0.3, 0.4) is 0 Å². The quantitative estimate of drug-likeness (QED) is 0.843. The van der Waals surface area contributed by atoms with Crippen molar-refractivity contribution in [2.75, 3.05) is 6.54 Å². The van der Waals surface area contributed by atoms with E-state index in [1.807, 2.05) is 12.4 Å². The maximum atomic E-state index is 4.46. The number of likely N-dealkylation sites (N-methyl/N-ethyl adjacent to an activating group) is 1. The molecule has 0 radical (unpaired) electrons. The predicted octanol–water partition coefficient (Wildman–Crippen LogP) is 1.99. The van der Waals surface area contributed by atoms with Gasteiger partial charge in [0.1, 0.15) is 5.82 Å². The molecular formula is C14H23N3. The first-order valence-electron chi connectivity index (χ1n) is 6.97. The van der Waals surface area contributed by atoms with Crippen LogP contribution in [-0.4, -0.2) is 22.1 Å². The molecule has 1 aromatic rings. The number of aromatic nitrogens is 2. The average Bonchev–Trinajstić information content (AvgIpc) is 2.72. The highest BCUT2D eigenvalue weighted by atomic mass is 15.0. The largest absolute Gasteiger partial charge is 0.338 e. The number of hydrogen-bond donors (Lipinski definition) is 1. The number of nitrogens with one attached hydrogen (secondary N) is 1. The van der Waals surface area contributed by atoms with Gasteiger partial charge in [0.15, 0.2) is 0 Å². The summed E-state index contributed by atoms with van der Waals surface area (Å²) < 4.78 is 2.15. The SMILES string of the molecule is CCNC(Cc1nccn1C)C1CC2CC2C1. The summed E-state index contributed by atoms with van der Waals surface area (Å²) in [6.45, 7) is 3.28. The van der Waals surface area contributed by atoms with Crippen molar-refractivity contribution in [1.29, 1.82) is 0 Å². The first-order valence-corrected chi connectivity index (χ1v) is 6.97. The van der Waals surface area contributed by atoms with Crippen molar-refractivity contribution in [3.8, 4) is 0 Å². The fraction of sp³-hybridized carbons (Fsp3) is 0.786. The number of rotatable bonds is 5. The molecule has 3 heteroatoms. The van der Waals surface area contributed by atoms with E-state index >= 15 is 0 Å². The van der Waals surface area contributed by atoms with E-state index in [4.69, 9.17) is 0 Å². The second kappa shape index (κ2) is 4.45. The number of aryl methyl sites for hydroxylation is 1. The standard InChI is InChI=1S/C14H23N3/c1-3-15-13(9-14-16-4-5-17(14)2)12-7-10-6-11(10)8-12/h4-5,10-13,15H,3,6-9H2,1-2H3. The van der Waals surface area contributed by atoms with Crippen LogP contribution in [0.1, 0.15) is 32.0 Å². The van der Waals surface area contributed by atoms with Crippen LogP contribution < -0.4 is 5.32 Å². The van der Waals surface area contributed by atoms with Crippen molar-refractivity contribution in [1.82, 2.24) is 14.9 Å². The van der Waals surface area contributed by atoms with Gasteiger partial charge in [-0.25, -0.2) is 4.98 Å². The van der Waals surface area contributed by atoms with Crippen molar-refractivity contribution in [2.45, 2.75) is 38.6 Å². The number of hydrogen-bond acceptors (Lipinski definition) is 2. The fourth-order valence-corrected chi connectivity index (χ4v) is 3.55. The Morgan fingerprint density at radius 2 is 2.18 bits per heavy atom. The maximum Gasteiger partial charge on any atom is 0.109 e. The zero-order chi connectivity index (χ0) is 11.8. The van der Waals surface area contributed by atoms with Crippen molar-refractivity contribution in [2.24, 2.45) is 24.8 Å². The van der Waals surface area contributed by atoms with Crippen molar-refractivity contribution < 1.29 is 0 Å². The van der Waals surface area contributed by atoms with Crippen LogP contribution in [-0.2, 0) is 13.5 Å². The van der Waals surface area contributed by atoms with Gasteiger partial charge in [0.2, 0.25) is 0 Å². The van der Waals surface area contributed by atoms with Gasteiger partial charge in [-0.2, -0.15) is 0 Å². The molecule has 94 valence electrons. The van der Waals surface area contributed by atoms with E-state index in [-0.39, 0.29) is 0 Å². The monoisotopic (exact) mass is 233 g/mol. The molecule has 2 aliphatic rings. The second-order valence-electron chi connectivity index (χ2n) is 5.81. The molecular weight excluding hydrogens is 210 g/mol. The Bertz CT molecular complexity index is 375. The minimum absolute atomic E-state index is 0.633. The minimum Gasteiger partial charge on any atom is -0.338 e. The van der Waals surface area contributed by atoms with E-state index in [0.717, 1.165) is 30.7 Å². The summed E-state index contributed by atoms with van der Waals surface area (Å²) in [5, 5.41) is 3.68. The van der Waals surface area contributed by atoms with E-state index in [1.165, 1.54) is 25.1 Å². The normalized spacial score (nSPS) is 32.5. The van der Waals surface area contributed by atoms with Crippen LogP contribution in [0.2, 0.25) is 0 Å². The van der Waals surface area contributed by atoms with Crippen molar-refractivity contribution in [3.63, 3.8) is 0 Å². The summed E-state index contributed by atoms with van der Waals surface area (Å²) in [6, 6.07) is 0.633. The molecule has 17 heavy (non-hydrogen) atoms. The van der Waals surface area contributed by atoms with Crippen LogP contribution in [0, 0.1) is 17.8 Å². The van der Waals surface area contributed by atoms with Crippen molar-refractivity contribution >= 4 is 0 Å². The predicted molar refractivity (Wildman–Crippen MR) is 68.7 cm³/mol. The van der Waals surface area contributed by atoms with Gasteiger partial charge in [-0.15, -0.1) is 0 Å². The molecule has 2 aliphatic carbocycles. The van der Waals surface area contributed by atoms with Gasteiger partial charge in [0.05, 0.1) is 0 Å².